The van der Waals surface area contributed by atoms with Crippen molar-refractivity contribution in [2.24, 2.45) is 0 Å². The Kier molecular flexibility index (Phi) is 4.96. The van der Waals surface area contributed by atoms with E-state index in [0.29, 0.717) is 18.5 Å². The number of carbonyl (C=O) groups is 1. The molecular weight excluding hydrogens is 324 g/mol. The molecule has 3 aromatic rings. The summed E-state index contributed by atoms with van der Waals surface area (Å²) in [5.74, 6) is 0.564. The maximum Gasteiger partial charge on any atom is 0.268 e. The predicted octanol–water partition coefficient (Wildman–Crippen LogP) is 2.78. The molecule has 1 heterocycles. The van der Waals surface area contributed by atoms with Gasteiger partial charge >= 0.3 is 0 Å². The summed E-state index contributed by atoms with van der Waals surface area (Å²) in [6.07, 6.45) is 0. The third-order valence-electron chi connectivity index (χ3n) is 3.59. The lowest BCUT2D eigenvalue weighted by molar-refractivity contribution is -0.121. The van der Waals surface area contributed by atoms with Crippen molar-refractivity contribution < 1.29 is 9.53 Å². The van der Waals surface area contributed by atoms with Crippen LogP contribution in [-0.2, 0) is 17.9 Å². The number of nitrogens with one attached hydrogen (secondary N) is 1. The highest BCUT2D eigenvalue weighted by molar-refractivity contribution is 7.13. The lowest BCUT2D eigenvalue weighted by Crippen LogP contribution is -2.29. The Morgan fingerprint density at radius 2 is 1.92 bits per heavy atom. The quantitative estimate of drug-likeness (QED) is 0.749. The van der Waals surface area contributed by atoms with Crippen LogP contribution < -0.4 is 15.6 Å². The number of amides is 1. The van der Waals surface area contributed by atoms with Gasteiger partial charge in [0.15, 0.2) is 0 Å². The van der Waals surface area contributed by atoms with Gasteiger partial charge in [-0.15, -0.1) is 0 Å². The molecule has 124 valence electrons. The third kappa shape index (κ3) is 3.49. The molecule has 5 nitrogen and oxygen atoms in total. The summed E-state index contributed by atoms with van der Waals surface area (Å²) in [6.45, 7) is 2.88. The number of nitrogens with zero attached hydrogens (tertiary/aromatic N) is 1. The van der Waals surface area contributed by atoms with Crippen LogP contribution in [0, 0.1) is 0 Å². The summed E-state index contributed by atoms with van der Waals surface area (Å²) in [5.41, 5.74) is 0.789. The Morgan fingerprint density at radius 3 is 2.71 bits per heavy atom. The van der Waals surface area contributed by atoms with Crippen LogP contribution in [0.3, 0.4) is 0 Å². The van der Waals surface area contributed by atoms with E-state index in [4.69, 9.17) is 4.74 Å². The molecule has 0 aliphatic heterocycles. The Balaban J connectivity index is 1.67. The van der Waals surface area contributed by atoms with Crippen molar-refractivity contribution in [3.05, 3.63) is 64.4 Å². The van der Waals surface area contributed by atoms with Gasteiger partial charge in [-0.3, -0.25) is 13.5 Å². The van der Waals surface area contributed by atoms with E-state index in [2.05, 4.69) is 5.32 Å². The van der Waals surface area contributed by atoms with Crippen molar-refractivity contribution in [3.63, 3.8) is 0 Å². The smallest absolute Gasteiger partial charge is 0.268 e. The van der Waals surface area contributed by atoms with Gasteiger partial charge in [-0.25, -0.2) is 0 Å². The van der Waals surface area contributed by atoms with E-state index in [0.717, 1.165) is 16.0 Å². The minimum atomic E-state index is -0.199. The largest absolute Gasteiger partial charge is 0.494 e. The summed E-state index contributed by atoms with van der Waals surface area (Å²) < 4.78 is 7.91. The number of fused-ring (bicyclic) bond motifs is 1. The Hall–Kier alpha value is -2.60. The van der Waals surface area contributed by atoms with Gasteiger partial charge in [0.25, 0.3) is 5.56 Å². The highest BCUT2D eigenvalue weighted by Crippen LogP contribution is 2.18. The first-order valence-electron chi connectivity index (χ1n) is 7.75. The average Bonchev–Trinajstić information content (AvgIpc) is 2.91. The molecule has 0 radical (unpaired) electrons. The predicted molar refractivity (Wildman–Crippen MR) is 95.5 cm³/mol. The minimum Gasteiger partial charge on any atom is -0.494 e. The number of hydrogen-bond acceptors (Lipinski definition) is 4. The molecule has 0 unspecified atom stereocenters. The number of aromatic nitrogens is 1. The van der Waals surface area contributed by atoms with Gasteiger partial charge in [-0.05, 0) is 25.1 Å². The van der Waals surface area contributed by atoms with E-state index in [9.17, 15) is 9.59 Å². The van der Waals surface area contributed by atoms with Gasteiger partial charge in [0.2, 0.25) is 5.91 Å². The summed E-state index contributed by atoms with van der Waals surface area (Å²) in [5, 5.41) is 3.50. The number of rotatable bonds is 6. The lowest BCUT2D eigenvalue weighted by atomic mass is 10.2. The second-order valence-electron chi connectivity index (χ2n) is 5.25. The highest BCUT2D eigenvalue weighted by atomic mass is 32.1. The van der Waals surface area contributed by atoms with E-state index in [-0.39, 0.29) is 18.0 Å². The van der Waals surface area contributed by atoms with Gasteiger partial charge in [0, 0.05) is 12.1 Å². The molecule has 0 bridgehead atoms. The van der Waals surface area contributed by atoms with E-state index < -0.39 is 0 Å². The van der Waals surface area contributed by atoms with Crippen LogP contribution in [0.4, 0.5) is 0 Å². The van der Waals surface area contributed by atoms with Crippen LogP contribution in [0.25, 0.3) is 10.1 Å². The summed E-state index contributed by atoms with van der Waals surface area (Å²) in [4.78, 5) is 24.4. The Bertz CT molecular complexity index is 914. The molecule has 0 fully saturated rings. The lowest BCUT2D eigenvalue weighted by Gasteiger charge is -2.10. The minimum absolute atomic E-state index is 0.0228. The fraction of sp³-hybridized carbons (Fsp3) is 0.222. The normalized spacial score (nSPS) is 10.7. The molecule has 0 aliphatic carbocycles. The van der Waals surface area contributed by atoms with Crippen molar-refractivity contribution in [1.29, 1.82) is 0 Å². The van der Waals surface area contributed by atoms with Crippen molar-refractivity contribution in [2.45, 2.75) is 20.0 Å². The third-order valence-corrected chi connectivity index (χ3v) is 4.66. The van der Waals surface area contributed by atoms with Crippen molar-refractivity contribution in [1.82, 2.24) is 9.27 Å². The Morgan fingerprint density at radius 1 is 1.17 bits per heavy atom. The van der Waals surface area contributed by atoms with Gasteiger partial charge in [0.05, 0.1) is 16.7 Å². The number of ether oxygens (including phenoxy) is 1. The highest BCUT2D eigenvalue weighted by Gasteiger charge is 2.11. The molecule has 3 rings (SSSR count). The molecule has 2 aromatic carbocycles. The fourth-order valence-electron chi connectivity index (χ4n) is 2.45. The topological polar surface area (TPSA) is 60.3 Å². The first-order valence-corrected chi connectivity index (χ1v) is 8.52. The SMILES string of the molecule is CCOc1ccccc1CNC(=O)Cn1sc2ccccc2c1=O. The molecular formula is C18H18N2O3S. The zero-order valence-electron chi connectivity index (χ0n) is 13.3. The molecule has 1 aromatic heterocycles. The number of benzene rings is 2. The van der Waals surface area contributed by atoms with Crippen LogP contribution in [0.5, 0.6) is 5.75 Å². The molecule has 1 amide bonds. The first-order chi connectivity index (χ1) is 11.7. The summed E-state index contributed by atoms with van der Waals surface area (Å²) >= 11 is 1.30. The van der Waals surface area contributed by atoms with Gasteiger partial charge in [0.1, 0.15) is 12.3 Å². The van der Waals surface area contributed by atoms with E-state index in [1.54, 1.807) is 6.07 Å². The molecule has 0 saturated carbocycles. The zero-order valence-corrected chi connectivity index (χ0v) is 14.1. The van der Waals surface area contributed by atoms with Gasteiger partial charge in [-0.2, -0.15) is 0 Å². The molecule has 6 heteroatoms. The van der Waals surface area contributed by atoms with Crippen molar-refractivity contribution >= 4 is 27.5 Å². The summed E-state index contributed by atoms with van der Waals surface area (Å²) in [6, 6.07) is 15.0. The number of hydrogen-bond donors (Lipinski definition) is 1. The molecule has 24 heavy (non-hydrogen) atoms. The van der Waals surface area contributed by atoms with Crippen LogP contribution in [0.1, 0.15) is 12.5 Å². The van der Waals surface area contributed by atoms with E-state index in [1.807, 2.05) is 49.4 Å². The molecule has 0 saturated heterocycles. The molecule has 1 N–H and O–H groups in total. The molecule has 0 spiro atoms. The first kappa shape index (κ1) is 16.3. The van der Waals surface area contributed by atoms with Crippen LogP contribution >= 0.6 is 11.5 Å². The van der Waals surface area contributed by atoms with E-state index >= 15 is 0 Å². The van der Waals surface area contributed by atoms with E-state index in [1.165, 1.54) is 15.5 Å². The average molecular weight is 342 g/mol. The molecule has 0 aliphatic rings. The monoisotopic (exact) mass is 342 g/mol. The maximum atomic E-state index is 12.3. The van der Waals surface area contributed by atoms with Gasteiger partial charge in [-0.1, -0.05) is 41.9 Å². The van der Waals surface area contributed by atoms with Crippen LogP contribution in [-0.4, -0.2) is 16.5 Å². The van der Waals surface area contributed by atoms with Crippen molar-refractivity contribution in [2.75, 3.05) is 6.61 Å². The van der Waals surface area contributed by atoms with Crippen molar-refractivity contribution in [3.8, 4) is 5.75 Å². The maximum absolute atomic E-state index is 12.3. The van der Waals surface area contributed by atoms with Gasteiger partial charge < -0.3 is 10.1 Å². The number of carbonyl (C=O) groups excluding carboxylic acids is 1. The van der Waals surface area contributed by atoms with Crippen LogP contribution in [0.15, 0.2) is 53.3 Å². The second-order valence-corrected chi connectivity index (χ2v) is 6.31. The number of para-hydroxylation sites is 1. The standard InChI is InChI=1S/C18H18N2O3S/c1-2-23-15-9-5-3-7-13(15)11-19-17(21)12-20-18(22)14-8-4-6-10-16(14)24-20/h3-10H,2,11-12H2,1H3,(H,19,21). The fourth-order valence-corrected chi connectivity index (χ4v) is 3.44. The van der Waals surface area contributed by atoms with Crippen LogP contribution in [0.2, 0.25) is 0 Å². The molecule has 0 atom stereocenters. The summed E-state index contributed by atoms with van der Waals surface area (Å²) in [7, 11) is 0. The zero-order chi connectivity index (χ0) is 16.9. The second kappa shape index (κ2) is 7.31. The Labute approximate surface area is 143 Å².